The van der Waals surface area contributed by atoms with Crippen LogP contribution in [0.4, 0.5) is 0 Å². The van der Waals surface area contributed by atoms with E-state index in [0.29, 0.717) is 12.8 Å². The van der Waals surface area contributed by atoms with Gasteiger partial charge in [0.15, 0.2) is 18.7 Å². The molecular formula is C49H86O15. The van der Waals surface area contributed by atoms with Crippen molar-refractivity contribution in [2.45, 2.75) is 235 Å². The molecule has 0 spiro atoms. The molecule has 0 aromatic heterocycles. The maximum absolute atomic E-state index is 13.0. The maximum Gasteiger partial charge on any atom is 0.306 e. The van der Waals surface area contributed by atoms with E-state index in [-0.39, 0.29) is 26.1 Å². The van der Waals surface area contributed by atoms with Crippen LogP contribution in [0.1, 0.15) is 168 Å². The van der Waals surface area contributed by atoms with Gasteiger partial charge in [0, 0.05) is 12.8 Å². The third-order valence-corrected chi connectivity index (χ3v) is 11.6. The predicted molar refractivity (Wildman–Crippen MR) is 243 cm³/mol. The van der Waals surface area contributed by atoms with Crippen LogP contribution in [0.5, 0.6) is 0 Å². The molecule has 0 aromatic rings. The van der Waals surface area contributed by atoms with Crippen LogP contribution in [0.25, 0.3) is 0 Å². The van der Waals surface area contributed by atoms with Crippen molar-refractivity contribution in [2.24, 2.45) is 0 Å². The minimum atomic E-state index is -1.77. The summed E-state index contributed by atoms with van der Waals surface area (Å²) in [5, 5.41) is 72.0. The van der Waals surface area contributed by atoms with Gasteiger partial charge in [0.1, 0.15) is 55.4 Å². The first-order valence-electron chi connectivity index (χ1n) is 24.6. The average molecular weight is 915 g/mol. The molecule has 0 saturated carbocycles. The van der Waals surface area contributed by atoms with E-state index < -0.39 is 92.7 Å². The van der Waals surface area contributed by atoms with E-state index in [4.69, 9.17) is 28.4 Å². The topological polar surface area (TPSA) is 231 Å². The van der Waals surface area contributed by atoms with Gasteiger partial charge >= 0.3 is 11.9 Å². The summed E-state index contributed by atoms with van der Waals surface area (Å²) in [7, 11) is 0. The van der Waals surface area contributed by atoms with Crippen molar-refractivity contribution in [3.05, 3.63) is 36.5 Å². The van der Waals surface area contributed by atoms with E-state index in [0.717, 1.165) is 70.6 Å². The monoisotopic (exact) mass is 915 g/mol. The largest absolute Gasteiger partial charge is 0.462 e. The molecule has 2 aliphatic heterocycles. The number of aliphatic hydroxyl groups excluding tert-OH is 7. The summed E-state index contributed by atoms with van der Waals surface area (Å²) >= 11 is 0. The van der Waals surface area contributed by atoms with Crippen molar-refractivity contribution in [1.29, 1.82) is 0 Å². The lowest BCUT2D eigenvalue weighted by molar-refractivity contribution is -0.332. The highest BCUT2D eigenvalue weighted by Gasteiger charge is 2.47. The molecule has 2 saturated heterocycles. The zero-order chi connectivity index (χ0) is 46.8. The van der Waals surface area contributed by atoms with E-state index >= 15 is 0 Å². The van der Waals surface area contributed by atoms with Gasteiger partial charge in [-0.05, 0) is 44.9 Å². The van der Waals surface area contributed by atoms with Gasteiger partial charge in [0.25, 0.3) is 0 Å². The minimum Gasteiger partial charge on any atom is -0.462 e. The number of hydrogen-bond acceptors (Lipinski definition) is 15. The normalized spacial score (nSPS) is 26.9. The lowest BCUT2D eigenvalue weighted by Gasteiger charge is -2.42. The molecule has 15 heteroatoms. The van der Waals surface area contributed by atoms with Gasteiger partial charge in [-0.25, -0.2) is 0 Å². The molecule has 0 aliphatic carbocycles. The van der Waals surface area contributed by atoms with E-state index in [2.05, 4.69) is 50.3 Å². The van der Waals surface area contributed by atoms with Gasteiger partial charge < -0.3 is 64.2 Å². The van der Waals surface area contributed by atoms with Gasteiger partial charge in [-0.2, -0.15) is 0 Å². The van der Waals surface area contributed by atoms with Crippen LogP contribution in [0, 0.1) is 0 Å². The summed E-state index contributed by atoms with van der Waals surface area (Å²) in [6.45, 7) is 2.45. The first kappa shape index (κ1) is 57.8. The molecule has 2 rings (SSSR count). The van der Waals surface area contributed by atoms with Crippen LogP contribution in [-0.4, -0.2) is 142 Å². The molecule has 372 valence electrons. The quantitative estimate of drug-likeness (QED) is 0.0211. The summed E-state index contributed by atoms with van der Waals surface area (Å²) in [5.41, 5.74) is 0. The van der Waals surface area contributed by atoms with Crippen LogP contribution in [-0.2, 0) is 38.0 Å². The predicted octanol–water partition coefficient (Wildman–Crippen LogP) is 6.15. The highest BCUT2D eigenvalue weighted by molar-refractivity contribution is 5.70. The zero-order valence-corrected chi connectivity index (χ0v) is 39.0. The third kappa shape index (κ3) is 25.0. The summed E-state index contributed by atoms with van der Waals surface area (Å²) in [6.07, 6.45) is 20.3. The smallest absolute Gasteiger partial charge is 0.306 e. The Hall–Kier alpha value is -2.28. The van der Waals surface area contributed by atoms with Crippen molar-refractivity contribution in [3.8, 4) is 0 Å². The molecule has 64 heavy (non-hydrogen) atoms. The second kappa shape index (κ2) is 36.8. The number of aliphatic hydroxyl groups is 7. The van der Waals surface area contributed by atoms with E-state index in [9.17, 15) is 45.3 Å². The van der Waals surface area contributed by atoms with Crippen LogP contribution < -0.4 is 0 Å². The standard InChI is InChI=1S/C49H86O15/c1-3-5-7-9-11-13-15-17-18-20-21-23-25-27-29-31-40(51)59-34-37(62-41(52)32-30-28-26-24-22-19-16-14-12-10-8-6-4-2)35-60-48-47(58)45(56)43(54)39(64-48)36-61-49-46(57)44(55)42(53)38(33-50)63-49/h5,7,11,13,17-18,37-39,42-50,53-58H,3-4,6,8-10,12,14-16,19-36H2,1-2H3/b7-5-,13-11-,18-17-/t37-,38+,39+,42-,43-,44-,45-,46+,47+,48+,49-/m0/s1. The molecular weight excluding hydrogens is 829 g/mol. The number of carbonyl (C=O) groups is 2. The number of ether oxygens (including phenoxy) is 6. The Morgan fingerprint density at radius 1 is 0.516 bits per heavy atom. The molecule has 11 atom stereocenters. The van der Waals surface area contributed by atoms with E-state index in [1.807, 2.05) is 0 Å². The van der Waals surface area contributed by atoms with Gasteiger partial charge in [-0.3, -0.25) is 9.59 Å². The number of allylic oxidation sites excluding steroid dienone is 6. The number of hydrogen-bond donors (Lipinski definition) is 7. The summed E-state index contributed by atoms with van der Waals surface area (Å²) in [5.74, 6) is -0.943. The van der Waals surface area contributed by atoms with Crippen LogP contribution in [0.2, 0.25) is 0 Å². The Bertz CT molecular complexity index is 1260. The number of unbranched alkanes of at least 4 members (excludes halogenated alkanes) is 17. The Morgan fingerprint density at radius 2 is 0.984 bits per heavy atom. The summed E-state index contributed by atoms with van der Waals surface area (Å²) < 4.78 is 33.5. The zero-order valence-electron chi connectivity index (χ0n) is 39.0. The molecule has 2 aliphatic rings. The molecule has 0 radical (unpaired) electrons. The van der Waals surface area contributed by atoms with Crippen molar-refractivity contribution in [3.63, 3.8) is 0 Å². The van der Waals surface area contributed by atoms with E-state index in [1.165, 1.54) is 57.8 Å². The van der Waals surface area contributed by atoms with Crippen LogP contribution in [0.15, 0.2) is 36.5 Å². The molecule has 0 unspecified atom stereocenters. The summed E-state index contributed by atoms with van der Waals surface area (Å²) in [6, 6.07) is 0. The van der Waals surface area contributed by atoms with Crippen molar-refractivity contribution >= 4 is 11.9 Å². The van der Waals surface area contributed by atoms with Crippen molar-refractivity contribution < 1.29 is 73.8 Å². The molecule has 0 amide bonds. The van der Waals surface area contributed by atoms with E-state index in [1.54, 1.807) is 0 Å². The second-order valence-corrected chi connectivity index (χ2v) is 17.3. The van der Waals surface area contributed by atoms with Gasteiger partial charge in [0.2, 0.25) is 0 Å². The highest BCUT2D eigenvalue weighted by atomic mass is 16.7. The van der Waals surface area contributed by atoms with Crippen LogP contribution in [0.3, 0.4) is 0 Å². The van der Waals surface area contributed by atoms with Crippen LogP contribution >= 0.6 is 0 Å². The Kier molecular flexibility index (Phi) is 33.3. The lowest BCUT2D eigenvalue weighted by Crippen LogP contribution is -2.61. The number of carbonyl (C=O) groups excluding carboxylic acids is 2. The van der Waals surface area contributed by atoms with Gasteiger partial charge in [-0.1, -0.05) is 147 Å². The third-order valence-electron chi connectivity index (χ3n) is 11.6. The van der Waals surface area contributed by atoms with Crippen molar-refractivity contribution in [2.75, 3.05) is 26.4 Å². The Labute approximate surface area is 383 Å². The first-order valence-corrected chi connectivity index (χ1v) is 24.6. The first-order chi connectivity index (χ1) is 31.0. The number of rotatable bonds is 37. The Balaban J connectivity index is 1.83. The molecule has 15 nitrogen and oxygen atoms in total. The number of esters is 2. The lowest BCUT2D eigenvalue weighted by atomic mass is 9.98. The molecule has 7 N–H and O–H groups in total. The molecule has 2 heterocycles. The fourth-order valence-electron chi connectivity index (χ4n) is 7.58. The summed E-state index contributed by atoms with van der Waals surface area (Å²) in [4.78, 5) is 25.7. The maximum atomic E-state index is 13.0. The fraction of sp³-hybridized carbons (Fsp3) is 0.837. The minimum absolute atomic E-state index is 0.164. The fourth-order valence-corrected chi connectivity index (χ4v) is 7.58. The highest BCUT2D eigenvalue weighted by Crippen LogP contribution is 2.26. The second-order valence-electron chi connectivity index (χ2n) is 17.3. The molecule has 0 aromatic carbocycles. The van der Waals surface area contributed by atoms with Gasteiger partial charge in [-0.15, -0.1) is 0 Å². The van der Waals surface area contributed by atoms with Gasteiger partial charge in [0.05, 0.1) is 19.8 Å². The Morgan fingerprint density at radius 3 is 1.55 bits per heavy atom. The molecule has 2 fully saturated rings. The molecule has 0 bridgehead atoms. The average Bonchev–Trinajstić information content (AvgIpc) is 3.29. The van der Waals surface area contributed by atoms with Crippen molar-refractivity contribution in [1.82, 2.24) is 0 Å². The SMILES string of the molecule is CC/C=C\C/C=C\C/C=C\CCCCCCCC(=O)OC[C@@H](CO[C@@H]1O[C@H](CO[C@H]2O[C@H](CO)[C@H](O)[C@H](O)[C@H]2O)[C@H](O)[C@H](O)[C@H]1O)OC(=O)CCCCCCCCCCCCCCC.